The molecule has 0 aliphatic carbocycles. The molecule has 0 spiro atoms. The molecule has 0 unspecified atom stereocenters. The highest BCUT2D eigenvalue weighted by Gasteiger charge is 2.11. The maximum Gasteiger partial charge on any atom is 0.271 e. The van der Waals surface area contributed by atoms with Crippen LogP contribution in [0.5, 0.6) is 11.5 Å². The largest absolute Gasteiger partial charge is 0.493 e. The maximum absolute atomic E-state index is 12.6. The van der Waals surface area contributed by atoms with Crippen LogP contribution in [0.25, 0.3) is 11.0 Å². The molecule has 0 saturated heterocycles. The van der Waals surface area contributed by atoms with Gasteiger partial charge in [-0.25, -0.2) is 10.4 Å². The Balaban J connectivity index is 1.35. The summed E-state index contributed by atoms with van der Waals surface area (Å²) in [6, 6.07) is 18.0. The standard InChI is InChI=1S/C28H29N5O4/c1-5-33-19(3)30-23-15-21(9-12-24(23)33)28(35)32-29-16-20-8-13-25(26(14-20)36-4)37-17-27(34)31-22-10-6-18(2)7-11-22/h6-16H,5,17H2,1-4H3,(H,31,34)(H,32,35)/b29-16+. The van der Waals surface area contributed by atoms with Gasteiger partial charge in [0.05, 0.1) is 24.4 Å². The summed E-state index contributed by atoms with van der Waals surface area (Å²) in [6.45, 7) is 6.62. The summed E-state index contributed by atoms with van der Waals surface area (Å²) in [6.07, 6.45) is 1.50. The van der Waals surface area contributed by atoms with Gasteiger partial charge in [-0.05, 0) is 74.9 Å². The average molecular weight is 500 g/mol. The molecule has 0 fully saturated rings. The normalized spacial score (nSPS) is 11.0. The van der Waals surface area contributed by atoms with Crippen molar-refractivity contribution in [2.75, 3.05) is 19.0 Å². The number of amides is 2. The molecular formula is C28H29N5O4. The number of nitrogens with one attached hydrogen (secondary N) is 2. The van der Waals surface area contributed by atoms with Gasteiger partial charge < -0.3 is 19.4 Å². The highest BCUT2D eigenvalue weighted by molar-refractivity contribution is 5.98. The van der Waals surface area contributed by atoms with Crippen LogP contribution in [0, 0.1) is 13.8 Å². The quantitative estimate of drug-likeness (QED) is 0.261. The predicted molar refractivity (Wildman–Crippen MR) is 144 cm³/mol. The van der Waals surface area contributed by atoms with Crippen molar-refractivity contribution in [1.29, 1.82) is 0 Å². The van der Waals surface area contributed by atoms with Gasteiger partial charge in [0.25, 0.3) is 11.8 Å². The van der Waals surface area contributed by atoms with Crippen LogP contribution in [-0.4, -0.2) is 41.3 Å². The van der Waals surface area contributed by atoms with E-state index in [4.69, 9.17) is 9.47 Å². The molecule has 0 bridgehead atoms. The van der Waals surface area contributed by atoms with E-state index in [-0.39, 0.29) is 18.4 Å². The van der Waals surface area contributed by atoms with Crippen molar-refractivity contribution in [3.05, 3.63) is 83.2 Å². The monoisotopic (exact) mass is 499 g/mol. The summed E-state index contributed by atoms with van der Waals surface area (Å²) >= 11 is 0. The molecule has 0 atom stereocenters. The van der Waals surface area contributed by atoms with Crippen molar-refractivity contribution in [2.24, 2.45) is 5.10 Å². The molecule has 2 amide bonds. The van der Waals surface area contributed by atoms with Crippen molar-refractivity contribution in [3.63, 3.8) is 0 Å². The number of hydrogen-bond donors (Lipinski definition) is 2. The summed E-state index contributed by atoms with van der Waals surface area (Å²) in [5.74, 6) is 1.13. The Hall–Kier alpha value is -4.66. The number of carbonyl (C=O) groups excluding carboxylic acids is 2. The molecule has 190 valence electrons. The lowest BCUT2D eigenvalue weighted by molar-refractivity contribution is -0.118. The molecule has 9 nitrogen and oxygen atoms in total. The number of aromatic nitrogens is 2. The number of nitrogens with zero attached hydrogens (tertiary/aromatic N) is 3. The van der Waals surface area contributed by atoms with Crippen molar-refractivity contribution < 1.29 is 19.1 Å². The first-order valence-electron chi connectivity index (χ1n) is 11.9. The third kappa shape index (κ3) is 6.13. The maximum atomic E-state index is 12.6. The third-order valence-electron chi connectivity index (χ3n) is 5.78. The Morgan fingerprint density at radius 3 is 2.54 bits per heavy atom. The summed E-state index contributed by atoms with van der Waals surface area (Å²) in [7, 11) is 1.51. The van der Waals surface area contributed by atoms with Gasteiger partial charge in [0.2, 0.25) is 0 Å². The lowest BCUT2D eigenvalue weighted by atomic mass is 10.2. The number of fused-ring (bicyclic) bond motifs is 1. The van der Waals surface area contributed by atoms with Crippen LogP contribution in [-0.2, 0) is 11.3 Å². The van der Waals surface area contributed by atoms with E-state index < -0.39 is 0 Å². The van der Waals surface area contributed by atoms with Crippen molar-refractivity contribution in [1.82, 2.24) is 15.0 Å². The van der Waals surface area contributed by atoms with E-state index >= 15 is 0 Å². The minimum Gasteiger partial charge on any atom is -0.493 e. The highest BCUT2D eigenvalue weighted by atomic mass is 16.5. The van der Waals surface area contributed by atoms with Crippen LogP contribution in [0.2, 0.25) is 0 Å². The summed E-state index contributed by atoms with van der Waals surface area (Å²) in [5, 5.41) is 6.84. The number of imidazole rings is 1. The van der Waals surface area contributed by atoms with Crippen LogP contribution in [0.4, 0.5) is 5.69 Å². The van der Waals surface area contributed by atoms with Gasteiger partial charge in [-0.1, -0.05) is 17.7 Å². The molecule has 37 heavy (non-hydrogen) atoms. The Morgan fingerprint density at radius 2 is 1.81 bits per heavy atom. The smallest absolute Gasteiger partial charge is 0.271 e. The Kier molecular flexibility index (Phi) is 7.83. The van der Waals surface area contributed by atoms with E-state index in [1.165, 1.54) is 13.3 Å². The predicted octanol–water partition coefficient (Wildman–Crippen LogP) is 4.46. The second kappa shape index (κ2) is 11.4. The van der Waals surface area contributed by atoms with Gasteiger partial charge in [0, 0.05) is 17.8 Å². The van der Waals surface area contributed by atoms with E-state index in [1.54, 1.807) is 30.3 Å². The minimum atomic E-state index is -0.339. The Morgan fingerprint density at radius 1 is 1.03 bits per heavy atom. The van der Waals surface area contributed by atoms with Crippen molar-refractivity contribution in [3.8, 4) is 11.5 Å². The second-order valence-electron chi connectivity index (χ2n) is 8.42. The molecule has 4 aromatic rings. The molecular weight excluding hydrogens is 470 g/mol. The summed E-state index contributed by atoms with van der Waals surface area (Å²) in [5.41, 5.74) is 7.25. The fraction of sp³-hybridized carbons (Fsp3) is 0.214. The zero-order valence-electron chi connectivity index (χ0n) is 21.2. The SMILES string of the molecule is CCn1c(C)nc2cc(C(=O)N/N=C/c3ccc(OCC(=O)Nc4ccc(C)cc4)c(OC)c3)ccc21. The number of carbonyl (C=O) groups is 2. The third-order valence-corrected chi connectivity index (χ3v) is 5.78. The van der Waals surface area contributed by atoms with Crippen molar-refractivity contribution in [2.45, 2.75) is 27.3 Å². The van der Waals surface area contributed by atoms with Gasteiger partial charge in [0.15, 0.2) is 18.1 Å². The number of methoxy groups -OCH3 is 1. The first-order valence-corrected chi connectivity index (χ1v) is 11.9. The molecule has 0 radical (unpaired) electrons. The molecule has 0 aliphatic rings. The van der Waals surface area contributed by atoms with E-state index in [0.717, 1.165) is 29.0 Å². The topological polar surface area (TPSA) is 107 Å². The molecule has 4 rings (SSSR count). The average Bonchev–Trinajstić information content (AvgIpc) is 3.22. The zero-order valence-corrected chi connectivity index (χ0v) is 21.2. The fourth-order valence-corrected chi connectivity index (χ4v) is 3.88. The fourth-order valence-electron chi connectivity index (χ4n) is 3.88. The van der Waals surface area contributed by atoms with Gasteiger partial charge in [0.1, 0.15) is 5.82 Å². The van der Waals surface area contributed by atoms with Crippen LogP contribution in [0.15, 0.2) is 65.8 Å². The van der Waals surface area contributed by atoms with E-state index in [9.17, 15) is 9.59 Å². The molecule has 2 N–H and O–H groups in total. The van der Waals surface area contributed by atoms with Gasteiger partial charge in [-0.2, -0.15) is 5.10 Å². The number of hydrazone groups is 1. The number of rotatable bonds is 9. The van der Waals surface area contributed by atoms with Crippen LogP contribution in [0.3, 0.4) is 0 Å². The Labute approximate surface area is 215 Å². The van der Waals surface area contributed by atoms with Gasteiger partial charge in [-0.15, -0.1) is 0 Å². The van der Waals surface area contributed by atoms with Crippen LogP contribution < -0.4 is 20.2 Å². The van der Waals surface area contributed by atoms with E-state index in [1.807, 2.05) is 44.2 Å². The number of ether oxygens (including phenoxy) is 2. The number of anilines is 1. The van der Waals surface area contributed by atoms with Gasteiger partial charge >= 0.3 is 0 Å². The number of hydrogen-bond acceptors (Lipinski definition) is 6. The van der Waals surface area contributed by atoms with Gasteiger partial charge in [-0.3, -0.25) is 9.59 Å². The molecule has 1 heterocycles. The molecule has 0 saturated carbocycles. The lowest BCUT2D eigenvalue weighted by Gasteiger charge is -2.11. The summed E-state index contributed by atoms with van der Waals surface area (Å²) < 4.78 is 13.1. The number of benzene rings is 3. The zero-order chi connectivity index (χ0) is 26.4. The van der Waals surface area contributed by atoms with Crippen LogP contribution >= 0.6 is 0 Å². The second-order valence-corrected chi connectivity index (χ2v) is 8.42. The minimum absolute atomic E-state index is 0.173. The van der Waals surface area contributed by atoms with E-state index in [0.29, 0.717) is 28.3 Å². The van der Waals surface area contributed by atoms with E-state index in [2.05, 4.69) is 32.3 Å². The molecule has 1 aromatic heterocycles. The van der Waals surface area contributed by atoms with Crippen molar-refractivity contribution >= 4 is 34.7 Å². The summed E-state index contributed by atoms with van der Waals surface area (Å²) in [4.78, 5) is 29.3. The highest BCUT2D eigenvalue weighted by Crippen LogP contribution is 2.27. The number of aryl methyl sites for hydroxylation is 3. The molecule has 0 aliphatic heterocycles. The first-order chi connectivity index (χ1) is 17.9. The van der Waals surface area contributed by atoms with Crippen LogP contribution in [0.1, 0.15) is 34.2 Å². The first kappa shape index (κ1) is 25.4. The Bertz CT molecular complexity index is 1460. The molecule has 9 heteroatoms. The molecule has 3 aromatic carbocycles. The lowest BCUT2D eigenvalue weighted by Crippen LogP contribution is -2.20.